The fourth-order valence-corrected chi connectivity index (χ4v) is 2.82. The highest BCUT2D eigenvalue weighted by Gasteiger charge is 2.38. The van der Waals surface area contributed by atoms with E-state index in [9.17, 15) is 22.8 Å². The molecule has 11 heteroatoms. The van der Waals surface area contributed by atoms with E-state index in [1.54, 1.807) is 25.3 Å². The Hall–Kier alpha value is -3.89. The second-order valence-electron chi connectivity index (χ2n) is 6.77. The Morgan fingerprint density at radius 2 is 1.88 bits per heavy atom. The number of hydrogen-bond acceptors (Lipinski definition) is 4. The number of carbonyl (C=O) groups excluding carboxylic acids is 1. The molecule has 0 saturated carbocycles. The number of benzene rings is 1. The van der Waals surface area contributed by atoms with E-state index in [0.717, 1.165) is 11.1 Å². The maximum absolute atomic E-state index is 12.4. The first-order valence-corrected chi connectivity index (χ1v) is 9.31. The third-order valence-corrected chi connectivity index (χ3v) is 4.38. The largest absolute Gasteiger partial charge is 0.490 e. The Morgan fingerprint density at radius 3 is 2.50 bits per heavy atom. The maximum atomic E-state index is 12.4. The number of nitrogens with one attached hydrogen (secondary N) is 2. The minimum absolute atomic E-state index is 0.134. The summed E-state index contributed by atoms with van der Waals surface area (Å²) in [5, 5.41) is 21.7. The van der Waals surface area contributed by atoms with Crippen molar-refractivity contribution in [1.29, 1.82) is 0 Å². The van der Waals surface area contributed by atoms with Crippen molar-refractivity contribution in [2.45, 2.75) is 25.6 Å². The molecule has 2 heterocycles. The molecule has 32 heavy (non-hydrogen) atoms. The molecule has 0 fully saturated rings. The number of nitrogens with zero attached hydrogens (tertiary/aromatic N) is 1. The van der Waals surface area contributed by atoms with Crippen LogP contribution in [-0.2, 0) is 9.59 Å². The smallest absolute Gasteiger partial charge is 0.475 e. The van der Waals surface area contributed by atoms with Gasteiger partial charge < -0.3 is 20.8 Å². The summed E-state index contributed by atoms with van der Waals surface area (Å²) in [6.07, 6.45) is -0.418. The Balaban J connectivity index is 0.000000451. The van der Waals surface area contributed by atoms with Crippen molar-refractivity contribution in [2.75, 3.05) is 5.32 Å². The van der Waals surface area contributed by atoms with Gasteiger partial charge >= 0.3 is 18.2 Å². The van der Waals surface area contributed by atoms with E-state index in [-0.39, 0.29) is 11.8 Å². The van der Waals surface area contributed by atoms with Crippen LogP contribution in [-0.4, -0.2) is 39.3 Å². The highest BCUT2D eigenvalue weighted by Crippen LogP contribution is 2.29. The van der Waals surface area contributed by atoms with Crippen LogP contribution in [0.25, 0.3) is 11.3 Å². The summed E-state index contributed by atoms with van der Waals surface area (Å²) < 4.78 is 31.7. The van der Waals surface area contributed by atoms with E-state index < -0.39 is 24.3 Å². The van der Waals surface area contributed by atoms with Gasteiger partial charge in [-0.05, 0) is 30.2 Å². The second kappa shape index (κ2) is 10.4. The zero-order valence-electron chi connectivity index (χ0n) is 16.8. The molecule has 1 aliphatic rings. The third kappa shape index (κ3) is 6.83. The summed E-state index contributed by atoms with van der Waals surface area (Å²) in [5.74, 6) is -3.23. The lowest BCUT2D eigenvalue weighted by Crippen LogP contribution is -2.26. The monoisotopic (exact) mass is 451 g/mol. The van der Waals surface area contributed by atoms with Crippen molar-refractivity contribution >= 4 is 23.7 Å². The lowest BCUT2D eigenvalue weighted by Gasteiger charge is -2.19. The van der Waals surface area contributed by atoms with Crippen molar-refractivity contribution in [3.05, 3.63) is 60.3 Å². The highest BCUT2D eigenvalue weighted by atomic mass is 19.4. The molecule has 2 aromatic rings. The fourth-order valence-electron chi connectivity index (χ4n) is 2.82. The molecule has 1 aromatic heterocycles. The molecule has 2 amide bonds. The number of anilines is 1. The van der Waals surface area contributed by atoms with E-state index in [0.29, 0.717) is 17.8 Å². The van der Waals surface area contributed by atoms with Gasteiger partial charge in [-0.1, -0.05) is 37.3 Å². The average molecular weight is 451 g/mol. The maximum Gasteiger partial charge on any atom is 0.490 e. The Bertz CT molecular complexity index is 1020. The molecule has 1 aromatic carbocycles. The lowest BCUT2D eigenvalue weighted by atomic mass is 9.97. The molecule has 170 valence electrons. The molecule has 4 N–H and O–H groups in total. The SMILES string of the molecule is C[C@@H]1/C=C/C[C@H](NC(=O)O)c2cccc(c2)-c2ncccc2NC1=O.O=C(O)C(F)(F)F. The third-order valence-electron chi connectivity index (χ3n) is 4.38. The van der Waals surface area contributed by atoms with Crippen molar-refractivity contribution in [3.8, 4) is 11.3 Å². The first-order chi connectivity index (χ1) is 15.0. The molecule has 0 spiro atoms. The molecule has 3 rings (SSSR count). The number of halogens is 3. The molecule has 1 aliphatic heterocycles. The summed E-state index contributed by atoms with van der Waals surface area (Å²) in [6, 6.07) is 10.7. The Kier molecular flexibility index (Phi) is 7.94. The van der Waals surface area contributed by atoms with Gasteiger partial charge in [0.15, 0.2) is 0 Å². The Labute approximate surface area is 180 Å². The number of aliphatic carboxylic acids is 1. The predicted molar refractivity (Wildman–Crippen MR) is 109 cm³/mol. The first kappa shape index (κ1) is 24.4. The standard InChI is InChI=1S/C19H19N3O3.C2HF3O2/c1-12-5-2-8-15(22-19(24)25)13-6-3-7-14(11-13)17-16(21-18(12)23)9-4-10-20-17;3-2(4,5)1(6)7/h2-7,9-12,15,22H,8H2,1H3,(H,21,23)(H,24,25);(H,6,7)/b5-2+;/t12-,15+;/m1./s1. The number of carboxylic acid groups (broad SMARTS) is 2. The van der Waals surface area contributed by atoms with Crippen LogP contribution >= 0.6 is 0 Å². The minimum Gasteiger partial charge on any atom is -0.475 e. The highest BCUT2D eigenvalue weighted by molar-refractivity contribution is 5.96. The molecule has 0 aliphatic carbocycles. The second-order valence-corrected chi connectivity index (χ2v) is 6.77. The van der Waals surface area contributed by atoms with Crippen molar-refractivity contribution in [2.24, 2.45) is 5.92 Å². The lowest BCUT2D eigenvalue weighted by molar-refractivity contribution is -0.192. The summed E-state index contributed by atoms with van der Waals surface area (Å²) in [4.78, 5) is 36.8. The van der Waals surface area contributed by atoms with Crippen LogP contribution < -0.4 is 10.6 Å². The van der Waals surface area contributed by atoms with E-state index >= 15 is 0 Å². The van der Waals surface area contributed by atoms with Crippen LogP contribution in [0.5, 0.6) is 0 Å². The van der Waals surface area contributed by atoms with Crippen LogP contribution in [0.3, 0.4) is 0 Å². The number of aromatic nitrogens is 1. The molecule has 8 nitrogen and oxygen atoms in total. The van der Waals surface area contributed by atoms with Crippen LogP contribution in [0.2, 0.25) is 0 Å². The van der Waals surface area contributed by atoms with Gasteiger partial charge in [0.25, 0.3) is 0 Å². The quantitative estimate of drug-likeness (QED) is 0.481. The van der Waals surface area contributed by atoms with Gasteiger partial charge in [0, 0.05) is 11.8 Å². The van der Waals surface area contributed by atoms with E-state index in [4.69, 9.17) is 15.0 Å². The molecular formula is C21H20F3N3O5. The van der Waals surface area contributed by atoms with Gasteiger partial charge in [0.05, 0.1) is 23.3 Å². The van der Waals surface area contributed by atoms with Gasteiger partial charge in [0.2, 0.25) is 5.91 Å². The van der Waals surface area contributed by atoms with Gasteiger partial charge in [0.1, 0.15) is 0 Å². The van der Waals surface area contributed by atoms with Crippen LogP contribution in [0.1, 0.15) is 24.9 Å². The molecule has 2 atom stereocenters. The molecular weight excluding hydrogens is 431 g/mol. The summed E-state index contributed by atoms with van der Waals surface area (Å²) in [7, 11) is 0. The van der Waals surface area contributed by atoms with E-state index in [2.05, 4.69) is 15.6 Å². The predicted octanol–water partition coefficient (Wildman–Crippen LogP) is 4.23. The van der Waals surface area contributed by atoms with Crippen molar-refractivity contribution in [3.63, 3.8) is 0 Å². The number of carboxylic acids is 1. The zero-order chi connectivity index (χ0) is 23.9. The Morgan fingerprint density at radius 1 is 1.19 bits per heavy atom. The number of rotatable bonds is 1. The van der Waals surface area contributed by atoms with E-state index in [1.165, 1.54) is 0 Å². The molecule has 0 radical (unpaired) electrons. The summed E-state index contributed by atoms with van der Waals surface area (Å²) in [6.45, 7) is 1.80. The van der Waals surface area contributed by atoms with Gasteiger partial charge in [-0.15, -0.1) is 0 Å². The normalized spacial score (nSPS) is 18.9. The molecule has 2 bridgehead atoms. The van der Waals surface area contributed by atoms with E-state index in [1.807, 2.05) is 36.4 Å². The first-order valence-electron chi connectivity index (χ1n) is 9.31. The number of pyridine rings is 1. The van der Waals surface area contributed by atoms with Crippen LogP contribution in [0, 0.1) is 5.92 Å². The van der Waals surface area contributed by atoms with Gasteiger partial charge in [-0.3, -0.25) is 9.78 Å². The van der Waals surface area contributed by atoms with Crippen LogP contribution in [0.15, 0.2) is 54.7 Å². The number of fused-ring (bicyclic) bond motifs is 4. The topological polar surface area (TPSA) is 129 Å². The fraction of sp³-hybridized carbons (Fsp3) is 0.238. The molecule has 0 unspecified atom stereocenters. The average Bonchev–Trinajstić information content (AvgIpc) is 2.72. The van der Waals surface area contributed by atoms with Crippen molar-refractivity contribution in [1.82, 2.24) is 10.3 Å². The number of hydrogen-bond donors (Lipinski definition) is 4. The number of carbonyl (C=O) groups is 3. The summed E-state index contributed by atoms with van der Waals surface area (Å²) in [5.41, 5.74) is 2.96. The van der Waals surface area contributed by atoms with Gasteiger partial charge in [-0.2, -0.15) is 13.2 Å². The number of amides is 2. The minimum atomic E-state index is -5.08. The number of alkyl halides is 3. The zero-order valence-corrected chi connectivity index (χ0v) is 16.8. The summed E-state index contributed by atoms with van der Waals surface area (Å²) >= 11 is 0. The van der Waals surface area contributed by atoms with Crippen LogP contribution in [0.4, 0.5) is 23.7 Å². The van der Waals surface area contributed by atoms with Crippen molar-refractivity contribution < 1.29 is 37.8 Å². The van der Waals surface area contributed by atoms with Gasteiger partial charge in [-0.25, -0.2) is 9.59 Å². The molecule has 0 saturated heterocycles.